The van der Waals surface area contributed by atoms with Crippen LogP contribution >= 0.6 is 0 Å². The Morgan fingerprint density at radius 1 is 0.882 bits per heavy atom. The summed E-state index contributed by atoms with van der Waals surface area (Å²) in [5.74, 6) is 1.70. The molecule has 0 fully saturated rings. The summed E-state index contributed by atoms with van der Waals surface area (Å²) in [5, 5.41) is 2.91. The van der Waals surface area contributed by atoms with E-state index in [0.29, 0.717) is 40.6 Å². The molecule has 1 heterocycles. The summed E-state index contributed by atoms with van der Waals surface area (Å²) >= 11 is 0. The maximum Gasteiger partial charge on any atom is 0.255 e. The van der Waals surface area contributed by atoms with Crippen LogP contribution in [0.1, 0.15) is 15.9 Å². The predicted octanol–water partition coefficient (Wildman–Crippen LogP) is 6.33. The molecule has 1 N–H and O–H groups in total. The molecule has 0 atom stereocenters. The number of nitrogens with zero attached hydrogens (tertiary/aromatic N) is 1. The summed E-state index contributed by atoms with van der Waals surface area (Å²) < 4.78 is 16.9. The van der Waals surface area contributed by atoms with Crippen molar-refractivity contribution < 1.29 is 18.7 Å². The first kappa shape index (κ1) is 21.3. The number of oxazole rings is 1. The van der Waals surface area contributed by atoms with Crippen molar-refractivity contribution in [2.75, 3.05) is 12.4 Å². The SMILES string of the molecule is COc1cccc(-c2nc3cc(NC(=O)c4ccc(OCc5ccccc5)cc4)ccc3o2)c1. The second-order valence-corrected chi connectivity index (χ2v) is 7.69. The van der Waals surface area contributed by atoms with E-state index >= 15 is 0 Å². The largest absolute Gasteiger partial charge is 0.497 e. The highest BCUT2D eigenvalue weighted by molar-refractivity contribution is 6.05. The van der Waals surface area contributed by atoms with Gasteiger partial charge < -0.3 is 19.2 Å². The molecule has 1 amide bonds. The molecule has 0 saturated heterocycles. The topological polar surface area (TPSA) is 73.6 Å². The minimum atomic E-state index is -0.217. The number of carbonyl (C=O) groups is 1. The minimum absolute atomic E-state index is 0.217. The third-order valence-electron chi connectivity index (χ3n) is 5.33. The van der Waals surface area contributed by atoms with Gasteiger partial charge in [0, 0.05) is 16.8 Å². The van der Waals surface area contributed by atoms with Crippen LogP contribution in [0.25, 0.3) is 22.6 Å². The van der Waals surface area contributed by atoms with Crippen molar-refractivity contribution in [3.05, 3.63) is 108 Å². The van der Waals surface area contributed by atoms with E-state index < -0.39 is 0 Å². The van der Waals surface area contributed by atoms with Gasteiger partial charge >= 0.3 is 0 Å². The molecule has 6 heteroatoms. The van der Waals surface area contributed by atoms with E-state index in [1.54, 1.807) is 49.6 Å². The van der Waals surface area contributed by atoms with Crippen LogP contribution in [-0.4, -0.2) is 18.0 Å². The summed E-state index contributed by atoms with van der Waals surface area (Å²) in [5.41, 5.74) is 4.35. The number of hydrogen-bond donors (Lipinski definition) is 1. The normalized spacial score (nSPS) is 10.7. The van der Waals surface area contributed by atoms with E-state index in [1.807, 2.05) is 54.6 Å². The smallest absolute Gasteiger partial charge is 0.255 e. The van der Waals surface area contributed by atoms with Crippen LogP contribution in [0.15, 0.2) is 101 Å². The Hall–Kier alpha value is -4.58. The number of nitrogens with one attached hydrogen (secondary N) is 1. The van der Waals surface area contributed by atoms with Crippen LogP contribution in [0.2, 0.25) is 0 Å². The number of carbonyl (C=O) groups excluding carboxylic acids is 1. The minimum Gasteiger partial charge on any atom is -0.497 e. The Morgan fingerprint density at radius 2 is 1.71 bits per heavy atom. The van der Waals surface area contributed by atoms with Crippen LogP contribution in [0.3, 0.4) is 0 Å². The molecule has 1 aromatic heterocycles. The lowest BCUT2D eigenvalue weighted by Gasteiger charge is -2.08. The van der Waals surface area contributed by atoms with Crippen molar-refractivity contribution in [1.82, 2.24) is 4.98 Å². The number of rotatable bonds is 7. The third-order valence-corrected chi connectivity index (χ3v) is 5.33. The van der Waals surface area contributed by atoms with Crippen molar-refractivity contribution in [1.29, 1.82) is 0 Å². The third kappa shape index (κ3) is 4.76. The molecule has 4 aromatic carbocycles. The Morgan fingerprint density at radius 3 is 2.50 bits per heavy atom. The van der Waals surface area contributed by atoms with Gasteiger partial charge in [-0.05, 0) is 66.2 Å². The summed E-state index contributed by atoms with van der Waals surface area (Å²) in [6, 6.07) is 29.9. The van der Waals surface area contributed by atoms with Crippen molar-refractivity contribution >= 4 is 22.7 Å². The maximum atomic E-state index is 12.7. The lowest BCUT2D eigenvalue weighted by atomic mass is 10.2. The van der Waals surface area contributed by atoms with Gasteiger partial charge in [0.2, 0.25) is 5.89 Å². The summed E-state index contributed by atoms with van der Waals surface area (Å²) in [6.45, 7) is 0.474. The molecule has 5 aromatic rings. The fourth-order valence-corrected chi connectivity index (χ4v) is 3.53. The number of amides is 1. The number of methoxy groups -OCH3 is 1. The van der Waals surface area contributed by atoms with E-state index in [2.05, 4.69) is 10.3 Å². The Labute approximate surface area is 196 Å². The molecule has 6 nitrogen and oxygen atoms in total. The molecular formula is C28H22N2O4. The van der Waals surface area contributed by atoms with E-state index in [1.165, 1.54) is 0 Å². The number of hydrogen-bond acceptors (Lipinski definition) is 5. The zero-order valence-electron chi connectivity index (χ0n) is 18.5. The quantitative estimate of drug-likeness (QED) is 0.313. The first-order chi connectivity index (χ1) is 16.7. The van der Waals surface area contributed by atoms with Gasteiger partial charge in [0.1, 0.15) is 23.6 Å². The zero-order chi connectivity index (χ0) is 23.3. The number of benzene rings is 4. The van der Waals surface area contributed by atoms with Crippen LogP contribution in [0.4, 0.5) is 5.69 Å². The Bertz CT molecular complexity index is 1430. The number of fused-ring (bicyclic) bond motifs is 1. The van der Waals surface area contributed by atoms with Gasteiger partial charge in [-0.15, -0.1) is 0 Å². The molecule has 5 rings (SSSR count). The van der Waals surface area contributed by atoms with E-state index in [9.17, 15) is 4.79 Å². The summed E-state index contributed by atoms with van der Waals surface area (Å²) in [4.78, 5) is 17.3. The summed E-state index contributed by atoms with van der Waals surface area (Å²) in [6.07, 6.45) is 0. The van der Waals surface area contributed by atoms with Crippen molar-refractivity contribution in [3.8, 4) is 23.0 Å². The van der Waals surface area contributed by atoms with Gasteiger partial charge in [-0.25, -0.2) is 4.98 Å². The van der Waals surface area contributed by atoms with E-state index in [-0.39, 0.29) is 5.91 Å². The summed E-state index contributed by atoms with van der Waals surface area (Å²) in [7, 11) is 1.62. The van der Waals surface area contributed by atoms with E-state index in [0.717, 1.165) is 16.9 Å². The van der Waals surface area contributed by atoms with E-state index in [4.69, 9.17) is 13.9 Å². The molecule has 34 heavy (non-hydrogen) atoms. The van der Waals surface area contributed by atoms with Gasteiger partial charge in [0.05, 0.1) is 7.11 Å². The molecular weight excluding hydrogens is 428 g/mol. The van der Waals surface area contributed by atoms with Gasteiger partial charge in [-0.2, -0.15) is 0 Å². The Balaban J connectivity index is 1.26. The Kier molecular flexibility index (Phi) is 5.95. The molecule has 0 aliphatic heterocycles. The van der Waals surface area contributed by atoms with Gasteiger partial charge in [-0.3, -0.25) is 4.79 Å². The number of anilines is 1. The predicted molar refractivity (Wildman–Crippen MR) is 131 cm³/mol. The molecule has 0 aliphatic rings. The fraction of sp³-hybridized carbons (Fsp3) is 0.0714. The van der Waals surface area contributed by atoms with Crippen LogP contribution in [0, 0.1) is 0 Å². The zero-order valence-corrected chi connectivity index (χ0v) is 18.5. The average molecular weight is 450 g/mol. The van der Waals surface area contributed by atoms with Crippen molar-refractivity contribution in [2.45, 2.75) is 6.61 Å². The van der Waals surface area contributed by atoms with Gasteiger partial charge in [-0.1, -0.05) is 36.4 Å². The van der Waals surface area contributed by atoms with Crippen LogP contribution in [0.5, 0.6) is 11.5 Å². The highest BCUT2D eigenvalue weighted by Crippen LogP contribution is 2.28. The van der Waals surface area contributed by atoms with Crippen molar-refractivity contribution in [2.24, 2.45) is 0 Å². The molecule has 0 radical (unpaired) electrons. The lowest BCUT2D eigenvalue weighted by Crippen LogP contribution is -2.11. The lowest BCUT2D eigenvalue weighted by molar-refractivity contribution is 0.102. The molecule has 0 unspecified atom stereocenters. The highest BCUT2D eigenvalue weighted by atomic mass is 16.5. The number of ether oxygens (including phenoxy) is 2. The molecule has 0 bridgehead atoms. The van der Waals surface area contributed by atoms with Crippen molar-refractivity contribution in [3.63, 3.8) is 0 Å². The molecule has 0 aliphatic carbocycles. The maximum absolute atomic E-state index is 12.7. The average Bonchev–Trinajstić information content (AvgIpc) is 3.32. The highest BCUT2D eigenvalue weighted by Gasteiger charge is 2.12. The first-order valence-electron chi connectivity index (χ1n) is 10.8. The first-order valence-corrected chi connectivity index (χ1v) is 10.8. The van der Waals surface area contributed by atoms with Crippen LogP contribution < -0.4 is 14.8 Å². The monoisotopic (exact) mass is 450 g/mol. The fourth-order valence-electron chi connectivity index (χ4n) is 3.53. The second-order valence-electron chi connectivity index (χ2n) is 7.69. The number of aromatic nitrogens is 1. The van der Waals surface area contributed by atoms with Crippen LogP contribution in [-0.2, 0) is 6.61 Å². The molecule has 0 spiro atoms. The van der Waals surface area contributed by atoms with Gasteiger partial charge in [0.15, 0.2) is 5.58 Å². The van der Waals surface area contributed by atoms with Gasteiger partial charge in [0.25, 0.3) is 5.91 Å². The standard InChI is InChI=1S/C28H22N2O4/c1-32-24-9-5-8-21(16-24)28-30-25-17-22(12-15-26(25)34-28)29-27(31)20-10-13-23(14-11-20)33-18-19-6-3-2-4-7-19/h2-17H,18H2,1H3,(H,29,31). The second kappa shape index (κ2) is 9.50. The molecule has 0 saturated carbocycles. The molecule has 168 valence electrons.